The summed E-state index contributed by atoms with van der Waals surface area (Å²) in [5.41, 5.74) is 5.88. The van der Waals surface area contributed by atoms with Crippen LogP contribution in [0.15, 0.2) is 72.3 Å². The molecule has 150 valence electrons. The van der Waals surface area contributed by atoms with Crippen molar-refractivity contribution in [2.75, 3.05) is 5.32 Å². The van der Waals surface area contributed by atoms with E-state index in [4.69, 9.17) is 4.74 Å². The van der Waals surface area contributed by atoms with Crippen LogP contribution in [0.3, 0.4) is 0 Å². The van der Waals surface area contributed by atoms with Crippen molar-refractivity contribution < 1.29 is 9.53 Å². The summed E-state index contributed by atoms with van der Waals surface area (Å²) >= 11 is 0. The second-order valence-electron chi connectivity index (χ2n) is 7.35. The van der Waals surface area contributed by atoms with E-state index in [1.165, 1.54) is 5.56 Å². The van der Waals surface area contributed by atoms with E-state index in [0.29, 0.717) is 12.3 Å². The maximum absolute atomic E-state index is 12.5. The molecule has 1 amide bonds. The summed E-state index contributed by atoms with van der Waals surface area (Å²) in [4.78, 5) is 12.5. The molecule has 4 heteroatoms. The highest BCUT2D eigenvalue weighted by Gasteiger charge is 2.10. The molecule has 0 aliphatic rings. The average molecular weight is 396 g/mol. The lowest BCUT2D eigenvalue weighted by molar-refractivity contribution is -0.112. The predicted octanol–water partition coefficient (Wildman–Crippen LogP) is 5.74. The Hall–Kier alpha value is -3.84. The molecule has 0 fully saturated rings. The Bertz CT molecular complexity index is 1100. The van der Waals surface area contributed by atoms with Crippen LogP contribution in [0.25, 0.3) is 6.08 Å². The van der Waals surface area contributed by atoms with Crippen LogP contribution in [0, 0.1) is 32.1 Å². The van der Waals surface area contributed by atoms with Gasteiger partial charge in [-0.25, -0.2) is 0 Å². The fourth-order valence-corrected chi connectivity index (χ4v) is 3.19. The zero-order valence-electron chi connectivity index (χ0n) is 17.4. The van der Waals surface area contributed by atoms with Gasteiger partial charge in [-0.15, -0.1) is 0 Å². The fraction of sp³-hybridized carbons (Fsp3) is 0.154. The zero-order chi connectivity index (χ0) is 21.5. The molecule has 0 bridgehead atoms. The van der Waals surface area contributed by atoms with Gasteiger partial charge in [0, 0.05) is 5.69 Å². The number of carbonyl (C=O) groups is 1. The Morgan fingerprint density at radius 2 is 1.67 bits per heavy atom. The highest BCUT2D eigenvalue weighted by molar-refractivity contribution is 6.09. The van der Waals surface area contributed by atoms with E-state index in [9.17, 15) is 10.1 Å². The second-order valence-corrected chi connectivity index (χ2v) is 7.35. The number of carbonyl (C=O) groups excluding carboxylic acids is 1. The van der Waals surface area contributed by atoms with Crippen molar-refractivity contribution >= 4 is 17.7 Å². The van der Waals surface area contributed by atoms with Crippen molar-refractivity contribution in [1.29, 1.82) is 5.26 Å². The molecule has 0 atom stereocenters. The standard InChI is InChI=1S/C26H24N2O2/c1-18-5-4-6-22(12-18)17-30-25-9-7-21(8-10-25)15-23(16-27)26(29)28-24-13-19(2)11-20(3)14-24/h4-15H,17H2,1-3H3,(H,28,29)/b23-15+. The van der Waals surface area contributed by atoms with E-state index < -0.39 is 5.91 Å². The third-order valence-corrected chi connectivity index (χ3v) is 4.52. The van der Waals surface area contributed by atoms with Gasteiger partial charge in [0.05, 0.1) is 0 Å². The smallest absolute Gasteiger partial charge is 0.266 e. The summed E-state index contributed by atoms with van der Waals surface area (Å²) in [6, 6.07) is 23.2. The van der Waals surface area contributed by atoms with E-state index in [0.717, 1.165) is 28.0 Å². The molecular weight excluding hydrogens is 372 g/mol. The maximum Gasteiger partial charge on any atom is 0.266 e. The van der Waals surface area contributed by atoms with Crippen LogP contribution in [-0.2, 0) is 11.4 Å². The molecule has 3 aromatic rings. The van der Waals surface area contributed by atoms with Gasteiger partial charge in [-0.1, -0.05) is 48.0 Å². The van der Waals surface area contributed by atoms with Gasteiger partial charge in [0.1, 0.15) is 24.0 Å². The molecule has 0 saturated heterocycles. The Kier molecular flexibility index (Phi) is 6.67. The van der Waals surface area contributed by atoms with Crippen LogP contribution in [0.4, 0.5) is 5.69 Å². The molecule has 0 heterocycles. The molecule has 0 unspecified atom stereocenters. The number of hydrogen-bond acceptors (Lipinski definition) is 3. The molecule has 3 aromatic carbocycles. The molecular formula is C26H24N2O2. The number of nitriles is 1. The number of nitrogens with zero attached hydrogens (tertiary/aromatic N) is 1. The van der Waals surface area contributed by atoms with Gasteiger partial charge in [-0.3, -0.25) is 4.79 Å². The van der Waals surface area contributed by atoms with Crippen LogP contribution < -0.4 is 10.1 Å². The third-order valence-electron chi connectivity index (χ3n) is 4.52. The van der Waals surface area contributed by atoms with Gasteiger partial charge < -0.3 is 10.1 Å². The molecule has 0 radical (unpaired) electrons. The van der Waals surface area contributed by atoms with Gasteiger partial charge in [-0.2, -0.15) is 5.26 Å². The molecule has 0 spiro atoms. The minimum atomic E-state index is -0.428. The summed E-state index contributed by atoms with van der Waals surface area (Å²) in [6.07, 6.45) is 1.57. The van der Waals surface area contributed by atoms with Crippen LogP contribution in [0.2, 0.25) is 0 Å². The Balaban J connectivity index is 1.66. The monoisotopic (exact) mass is 396 g/mol. The number of hydrogen-bond donors (Lipinski definition) is 1. The minimum Gasteiger partial charge on any atom is -0.489 e. The first-order chi connectivity index (χ1) is 14.4. The molecule has 0 saturated carbocycles. The second kappa shape index (κ2) is 9.58. The first-order valence-corrected chi connectivity index (χ1v) is 9.73. The van der Waals surface area contributed by atoms with Crippen LogP contribution in [0.5, 0.6) is 5.75 Å². The van der Waals surface area contributed by atoms with Crippen LogP contribution >= 0.6 is 0 Å². The Labute approximate surface area is 177 Å². The lowest BCUT2D eigenvalue weighted by Gasteiger charge is -2.08. The number of rotatable bonds is 6. The van der Waals surface area contributed by atoms with E-state index in [1.54, 1.807) is 6.08 Å². The lowest BCUT2D eigenvalue weighted by atomic mass is 10.1. The first kappa shape index (κ1) is 20.9. The molecule has 1 N–H and O–H groups in total. The Morgan fingerprint density at radius 3 is 2.30 bits per heavy atom. The van der Waals surface area contributed by atoms with Crippen LogP contribution in [-0.4, -0.2) is 5.91 Å². The molecule has 0 aliphatic carbocycles. The number of amides is 1. The fourth-order valence-electron chi connectivity index (χ4n) is 3.19. The maximum atomic E-state index is 12.5. The minimum absolute atomic E-state index is 0.0441. The predicted molar refractivity (Wildman–Crippen MR) is 120 cm³/mol. The summed E-state index contributed by atoms with van der Waals surface area (Å²) < 4.78 is 5.82. The van der Waals surface area contributed by atoms with Gasteiger partial charge in [-0.05, 0) is 73.4 Å². The van der Waals surface area contributed by atoms with Gasteiger partial charge in [0.2, 0.25) is 0 Å². The first-order valence-electron chi connectivity index (χ1n) is 9.73. The third kappa shape index (κ3) is 5.83. The van der Waals surface area contributed by atoms with E-state index in [1.807, 2.05) is 87.5 Å². The van der Waals surface area contributed by atoms with Gasteiger partial charge >= 0.3 is 0 Å². The van der Waals surface area contributed by atoms with E-state index in [-0.39, 0.29) is 5.57 Å². The van der Waals surface area contributed by atoms with Gasteiger partial charge in [0.15, 0.2) is 0 Å². The molecule has 4 nitrogen and oxygen atoms in total. The lowest BCUT2D eigenvalue weighted by Crippen LogP contribution is -2.13. The van der Waals surface area contributed by atoms with Crippen LogP contribution in [0.1, 0.15) is 27.8 Å². The van der Waals surface area contributed by atoms with Crippen molar-refractivity contribution in [3.63, 3.8) is 0 Å². The normalized spacial score (nSPS) is 10.9. The molecule has 0 aromatic heterocycles. The number of ether oxygens (including phenoxy) is 1. The zero-order valence-corrected chi connectivity index (χ0v) is 17.4. The van der Waals surface area contributed by atoms with E-state index >= 15 is 0 Å². The topological polar surface area (TPSA) is 62.1 Å². The quantitative estimate of drug-likeness (QED) is 0.427. The number of benzene rings is 3. The summed E-state index contributed by atoms with van der Waals surface area (Å²) in [5.74, 6) is 0.300. The van der Waals surface area contributed by atoms with Crippen molar-refractivity contribution in [3.05, 3.63) is 100 Å². The molecule has 30 heavy (non-hydrogen) atoms. The Morgan fingerprint density at radius 1 is 0.967 bits per heavy atom. The number of nitrogens with one attached hydrogen (secondary N) is 1. The van der Waals surface area contributed by atoms with Crippen molar-refractivity contribution in [3.8, 4) is 11.8 Å². The van der Waals surface area contributed by atoms with Crippen molar-refractivity contribution in [2.24, 2.45) is 0 Å². The summed E-state index contributed by atoms with van der Waals surface area (Å²) in [5, 5.41) is 12.2. The van der Waals surface area contributed by atoms with Gasteiger partial charge in [0.25, 0.3) is 5.91 Å². The van der Waals surface area contributed by atoms with Crippen molar-refractivity contribution in [2.45, 2.75) is 27.4 Å². The highest BCUT2D eigenvalue weighted by Crippen LogP contribution is 2.18. The van der Waals surface area contributed by atoms with Crippen molar-refractivity contribution in [1.82, 2.24) is 0 Å². The number of anilines is 1. The number of aryl methyl sites for hydroxylation is 3. The average Bonchev–Trinajstić information content (AvgIpc) is 2.70. The molecule has 0 aliphatic heterocycles. The SMILES string of the molecule is Cc1cccc(COc2ccc(/C=C(\C#N)C(=O)Nc3cc(C)cc(C)c3)cc2)c1. The van der Waals surface area contributed by atoms with E-state index in [2.05, 4.69) is 11.4 Å². The summed E-state index contributed by atoms with van der Waals surface area (Å²) in [6.45, 7) is 6.46. The largest absolute Gasteiger partial charge is 0.489 e. The highest BCUT2D eigenvalue weighted by atomic mass is 16.5. The summed E-state index contributed by atoms with van der Waals surface area (Å²) in [7, 11) is 0. The molecule has 3 rings (SSSR count).